The quantitative estimate of drug-likeness (QED) is 0.712. The van der Waals surface area contributed by atoms with Gasteiger partial charge < -0.3 is 10.0 Å². The molecular formula is C18H15F3N4O3. The van der Waals surface area contributed by atoms with Crippen molar-refractivity contribution < 1.29 is 23.1 Å². The Morgan fingerprint density at radius 1 is 1.18 bits per heavy atom. The summed E-state index contributed by atoms with van der Waals surface area (Å²) in [5, 5.41) is 11.3. The third-order valence-corrected chi connectivity index (χ3v) is 3.98. The molecule has 28 heavy (non-hydrogen) atoms. The molecule has 0 aliphatic heterocycles. The number of rotatable bonds is 3. The second kappa shape index (κ2) is 6.87. The average Bonchev–Trinajstić information content (AvgIpc) is 2.59. The van der Waals surface area contributed by atoms with Crippen molar-refractivity contribution in [3.05, 3.63) is 58.5 Å². The van der Waals surface area contributed by atoms with Crippen LogP contribution >= 0.6 is 0 Å². The Morgan fingerprint density at radius 2 is 1.89 bits per heavy atom. The van der Waals surface area contributed by atoms with Gasteiger partial charge in [-0.3, -0.25) is 9.88 Å². The van der Waals surface area contributed by atoms with Gasteiger partial charge in [-0.1, -0.05) is 6.07 Å². The zero-order valence-corrected chi connectivity index (χ0v) is 14.8. The number of fused-ring (bicyclic) bond motifs is 1. The number of amides is 1. The van der Waals surface area contributed by atoms with Gasteiger partial charge in [0.15, 0.2) is 0 Å². The SMILES string of the molecule is CN(C)c1nc(=O)n(-c2cccc(NC(=O)O)c2)c2cc(C(F)(F)F)ccc12. The molecule has 1 heterocycles. The second-order valence-electron chi connectivity index (χ2n) is 6.16. The van der Waals surface area contributed by atoms with Crippen LogP contribution in [0.15, 0.2) is 47.3 Å². The van der Waals surface area contributed by atoms with Gasteiger partial charge in [0, 0.05) is 25.2 Å². The summed E-state index contributed by atoms with van der Waals surface area (Å²) in [4.78, 5) is 29.0. The molecule has 2 N–H and O–H groups in total. The van der Waals surface area contributed by atoms with Crippen molar-refractivity contribution in [3.8, 4) is 5.69 Å². The predicted molar refractivity (Wildman–Crippen MR) is 98.3 cm³/mol. The number of benzene rings is 2. The first-order valence-electron chi connectivity index (χ1n) is 7.99. The van der Waals surface area contributed by atoms with Gasteiger partial charge in [0.25, 0.3) is 0 Å². The molecule has 1 amide bonds. The molecule has 0 atom stereocenters. The van der Waals surface area contributed by atoms with Crippen LogP contribution in [-0.2, 0) is 6.18 Å². The number of nitrogens with one attached hydrogen (secondary N) is 1. The van der Waals surface area contributed by atoms with Crippen molar-refractivity contribution in [2.24, 2.45) is 0 Å². The van der Waals surface area contributed by atoms with Gasteiger partial charge in [0.1, 0.15) is 5.82 Å². The molecule has 0 saturated carbocycles. The Bertz CT molecular complexity index is 1120. The van der Waals surface area contributed by atoms with Crippen LogP contribution in [0.1, 0.15) is 5.56 Å². The molecule has 10 heteroatoms. The summed E-state index contributed by atoms with van der Waals surface area (Å²) < 4.78 is 40.7. The van der Waals surface area contributed by atoms with Crippen LogP contribution < -0.4 is 15.9 Å². The van der Waals surface area contributed by atoms with Crippen LogP contribution in [-0.4, -0.2) is 34.8 Å². The molecule has 2 aromatic carbocycles. The number of carbonyl (C=O) groups is 1. The van der Waals surface area contributed by atoms with Crippen molar-refractivity contribution in [2.75, 3.05) is 24.3 Å². The molecule has 0 bridgehead atoms. The molecule has 3 aromatic rings. The van der Waals surface area contributed by atoms with E-state index >= 15 is 0 Å². The van der Waals surface area contributed by atoms with E-state index in [-0.39, 0.29) is 22.7 Å². The van der Waals surface area contributed by atoms with Crippen LogP contribution in [0.25, 0.3) is 16.6 Å². The Balaban J connectivity index is 2.36. The molecule has 3 rings (SSSR count). The lowest BCUT2D eigenvalue weighted by molar-refractivity contribution is -0.137. The van der Waals surface area contributed by atoms with E-state index < -0.39 is 23.5 Å². The fourth-order valence-electron chi connectivity index (χ4n) is 2.82. The van der Waals surface area contributed by atoms with E-state index in [4.69, 9.17) is 5.11 Å². The Labute approximate surface area is 156 Å². The number of aromatic nitrogens is 2. The minimum Gasteiger partial charge on any atom is -0.465 e. The van der Waals surface area contributed by atoms with Gasteiger partial charge in [-0.25, -0.2) is 9.59 Å². The minimum atomic E-state index is -4.59. The fraction of sp³-hybridized carbons (Fsp3) is 0.167. The minimum absolute atomic E-state index is 0.00556. The second-order valence-corrected chi connectivity index (χ2v) is 6.16. The van der Waals surface area contributed by atoms with E-state index in [0.717, 1.165) is 16.7 Å². The molecule has 0 saturated heterocycles. The van der Waals surface area contributed by atoms with Gasteiger partial charge in [-0.15, -0.1) is 0 Å². The zero-order valence-electron chi connectivity index (χ0n) is 14.8. The Hall–Kier alpha value is -3.56. The summed E-state index contributed by atoms with van der Waals surface area (Å²) >= 11 is 0. The molecule has 7 nitrogen and oxygen atoms in total. The molecule has 0 radical (unpaired) electrons. The molecule has 0 aliphatic rings. The van der Waals surface area contributed by atoms with E-state index in [1.165, 1.54) is 35.2 Å². The van der Waals surface area contributed by atoms with Gasteiger partial charge in [0.05, 0.1) is 16.8 Å². The van der Waals surface area contributed by atoms with Crippen molar-refractivity contribution in [3.63, 3.8) is 0 Å². The van der Waals surface area contributed by atoms with Crippen LogP contribution in [0.2, 0.25) is 0 Å². The highest BCUT2D eigenvalue weighted by atomic mass is 19.4. The van der Waals surface area contributed by atoms with Crippen molar-refractivity contribution >= 4 is 28.5 Å². The third-order valence-electron chi connectivity index (χ3n) is 3.98. The van der Waals surface area contributed by atoms with Gasteiger partial charge in [0.2, 0.25) is 0 Å². The lowest BCUT2D eigenvalue weighted by atomic mass is 10.1. The summed E-state index contributed by atoms with van der Waals surface area (Å²) in [6.07, 6.45) is -5.90. The van der Waals surface area contributed by atoms with Crippen LogP contribution in [0.4, 0.5) is 29.5 Å². The molecule has 0 unspecified atom stereocenters. The van der Waals surface area contributed by atoms with Gasteiger partial charge >= 0.3 is 18.0 Å². The summed E-state index contributed by atoms with van der Waals surface area (Å²) in [5.41, 5.74) is -1.36. The lowest BCUT2D eigenvalue weighted by Gasteiger charge is -2.18. The van der Waals surface area contributed by atoms with Crippen LogP contribution in [0.5, 0.6) is 0 Å². The molecule has 0 fully saturated rings. The largest absolute Gasteiger partial charge is 0.465 e. The molecule has 146 valence electrons. The normalized spacial score (nSPS) is 11.5. The first-order chi connectivity index (χ1) is 13.1. The number of hydrogen-bond acceptors (Lipinski definition) is 4. The van der Waals surface area contributed by atoms with E-state index in [2.05, 4.69) is 10.3 Å². The third kappa shape index (κ3) is 3.61. The maximum absolute atomic E-state index is 13.2. The first-order valence-corrected chi connectivity index (χ1v) is 7.99. The molecule has 0 aliphatic carbocycles. The number of hydrogen-bond donors (Lipinski definition) is 2. The Kier molecular flexibility index (Phi) is 4.72. The topological polar surface area (TPSA) is 87.5 Å². The van der Waals surface area contributed by atoms with Crippen molar-refractivity contribution in [1.82, 2.24) is 9.55 Å². The predicted octanol–water partition coefficient (Wildman–Crippen LogP) is 3.56. The van der Waals surface area contributed by atoms with Crippen LogP contribution in [0.3, 0.4) is 0 Å². The summed E-state index contributed by atoms with van der Waals surface area (Å²) in [6, 6.07) is 8.81. The van der Waals surface area contributed by atoms with Gasteiger partial charge in [-0.05, 0) is 36.4 Å². The molecule has 0 spiro atoms. The van der Waals surface area contributed by atoms with E-state index in [1.54, 1.807) is 14.1 Å². The fourth-order valence-corrected chi connectivity index (χ4v) is 2.82. The van der Waals surface area contributed by atoms with E-state index in [1.807, 2.05) is 0 Å². The lowest BCUT2D eigenvalue weighted by Crippen LogP contribution is -2.26. The first kappa shape index (κ1) is 19.2. The summed E-state index contributed by atoms with van der Waals surface area (Å²) in [5.74, 6) is 0.227. The van der Waals surface area contributed by atoms with Crippen molar-refractivity contribution in [2.45, 2.75) is 6.18 Å². The zero-order chi connectivity index (χ0) is 20.6. The highest BCUT2D eigenvalue weighted by Gasteiger charge is 2.31. The number of alkyl halides is 3. The molecule has 1 aromatic heterocycles. The number of carboxylic acid groups (broad SMARTS) is 1. The smallest absolute Gasteiger partial charge is 0.416 e. The van der Waals surface area contributed by atoms with E-state index in [9.17, 15) is 22.8 Å². The van der Waals surface area contributed by atoms with Crippen molar-refractivity contribution in [1.29, 1.82) is 0 Å². The maximum Gasteiger partial charge on any atom is 0.416 e. The maximum atomic E-state index is 13.2. The number of halogens is 3. The standard InChI is InChI=1S/C18H15F3N4O3/c1-24(2)15-13-7-6-10(18(19,20)21)8-14(13)25(16(26)23-15)12-5-3-4-11(9-12)22-17(27)28/h3-9,22H,1-2H3,(H,27,28). The Morgan fingerprint density at radius 3 is 2.50 bits per heavy atom. The highest BCUT2D eigenvalue weighted by molar-refractivity contribution is 5.91. The highest BCUT2D eigenvalue weighted by Crippen LogP contribution is 2.33. The van der Waals surface area contributed by atoms with E-state index in [0.29, 0.717) is 5.39 Å². The number of anilines is 2. The number of nitrogens with zero attached hydrogens (tertiary/aromatic N) is 3. The summed E-state index contributed by atoms with van der Waals surface area (Å²) in [6.45, 7) is 0. The monoisotopic (exact) mass is 392 g/mol. The molecular weight excluding hydrogens is 377 g/mol. The van der Waals surface area contributed by atoms with Gasteiger partial charge in [-0.2, -0.15) is 18.2 Å². The summed E-state index contributed by atoms with van der Waals surface area (Å²) in [7, 11) is 3.25. The van der Waals surface area contributed by atoms with Crippen LogP contribution in [0, 0.1) is 0 Å². The average molecular weight is 392 g/mol.